The molecule has 9 nitrogen and oxygen atoms in total. The van der Waals surface area contributed by atoms with Crippen molar-refractivity contribution in [2.24, 2.45) is 0 Å². The standard InChI is InChI=1S/C20H19BrN2O7/c1-3-29-18-10-14(9-17(20(25)26)22-12(2)24)8-16(21)19(18)30-11-13-4-6-15(7-5-13)23(27)28/h4-10H,3,11H2,1-2H3,(H,22,24)(H,25,26)/b17-9+. The Morgan fingerprint density at radius 3 is 2.43 bits per heavy atom. The number of hydrogen-bond acceptors (Lipinski definition) is 6. The van der Waals surface area contributed by atoms with Crippen molar-refractivity contribution < 1.29 is 29.1 Å². The van der Waals surface area contributed by atoms with Gasteiger partial charge >= 0.3 is 5.97 Å². The van der Waals surface area contributed by atoms with Crippen LogP contribution in [0.15, 0.2) is 46.6 Å². The van der Waals surface area contributed by atoms with Crippen molar-refractivity contribution >= 4 is 39.6 Å². The summed E-state index contributed by atoms with van der Waals surface area (Å²) in [5.74, 6) is -1.02. The van der Waals surface area contributed by atoms with E-state index < -0.39 is 16.8 Å². The number of benzene rings is 2. The van der Waals surface area contributed by atoms with Crippen LogP contribution in [0.3, 0.4) is 0 Å². The average Bonchev–Trinajstić information content (AvgIpc) is 2.67. The molecule has 0 saturated carbocycles. The Morgan fingerprint density at radius 1 is 1.23 bits per heavy atom. The van der Waals surface area contributed by atoms with Gasteiger partial charge in [-0.1, -0.05) is 0 Å². The molecule has 0 saturated heterocycles. The molecule has 0 aliphatic carbocycles. The molecule has 10 heteroatoms. The van der Waals surface area contributed by atoms with Crippen LogP contribution in [0.2, 0.25) is 0 Å². The van der Waals surface area contributed by atoms with Crippen molar-refractivity contribution in [2.75, 3.05) is 6.61 Å². The average molecular weight is 479 g/mol. The van der Waals surface area contributed by atoms with E-state index in [-0.39, 0.29) is 18.0 Å². The number of amides is 1. The summed E-state index contributed by atoms with van der Waals surface area (Å²) in [5, 5.41) is 22.3. The summed E-state index contributed by atoms with van der Waals surface area (Å²) in [6.07, 6.45) is 1.30. The number of non-ortho nitro benzene ring substituents is 1. The van der Waals surface area contributed by atoms with Crippen molar-refractivity contribution in [1.29, 1.82) is 0 Å². The number of nitro groups is 1. The van der Waals surface area contributed by atoms with Crippen LogP contribution in [0.1, 0.15) is 25.0 Å². The Hall–Kier alpha value is -3.40. The second-order valence-corrected chi connectivity index (χ2v) is 6.87. The molecule has 2 aromatic rings. The van der Waals surface area contributed by atoms with Gasteiger partial charge in [0.15, 0.2) is 11.5 Å². The number of ether oxygens (including phenoxy) is 2. The predicted octanol–water partition coefficient (Wildman–Crippen LogP) is 3.90. The first-order chi connectivity index (χ1) is 14.2. The van der Waals surface area contributed by atoms with Crippen LogP contribution in [0.25, 0.3) is 6.08 Å². The molecule has 1 amide bonds. The summed E-state index contributed by atoms with van der Waals surface area (Å²) in [4.78, 5) is 32.8. The van der Waals surface area contributed by atoms with Crippen LogP contribution < -0.4 is 14.8 Å². The summed E-state index contributed by atoms with van der Waals surface area (Å²) in [6, 6.07) is 9.18. The molecular weight excluding hydrogens is 460 g/mol. The maximum atomic E-state index is 11.3. The van der Waals surface area contributed by atoms with Crippen LogP contribution in [0.4, 0.5) is 5.69 Å². The zero-order valence-corrected chi connectivity index (χ0v) is 17.8. The third kappa shape index (κ3) is 6.31. The Kier molecular flexibility index (Phi) is 7.93. The van der Waals surface area contributed by atoms with E-state index in [4.69, 9.17) is 9.47 Å². The van der Waals surface area contributed by atoms with Gasteiger partial charge in [0.1, 0.15) is 12.3 Å². The zero-order chi connectivity index (χ0) is 22.3. The van der Waals surface area contributed by atoms with E-state index in [1.807, 2.05) is 0 Å². The first-order valence-corrected chi connectivity index (χ1v) is 9.55. The highest BCUT2D eigenvalue weighted by atomic mass is 79.9. The number of carboxylic acids is 1. The maximum Gasteiger partial charge on any atom is 0.352 e. The van der Waals surface area contributed by atoms with Crippen molar-refractivity contribution in [2.45, 2.75) is 20.5 Å². The van der Waals surface area contributed by atoms with Crippen molar-refractivity contribution in [3.8, 4) is 11.5 Å². The van der Waals surface area contributed by atoms with Gasteiger partial charge in [-0.05, 0) is 64.3 Å². The van der Waals surface area contributed by atoms with E-state index in [2.05, 4.69) is 21.2 Å². The molecule has 0 heterocycles. The molecule has 2 rings (SSSR count). The van der Waals surface area contributed by atoms with Crippen molar-refractivity contribution in [3.05, 3.63) is 67.8 Å². The topological polar surface area (TPSA) is 128 Å². The molecule has 158 valence electrons. The predicted molar refractivity (Wildman–Crippen MR) is 112 cm³/mol. The smallest absolute Gasteiger partial charge is 0.352 e. The third-order valence-corrected chi connectivity index (χ3v) is 4.30. The van der Waals surface area contributed by atoms with Gasteiger partial charge in [0.05, 0.1) is 16.0 Å². The van der Waals surface area contributed by atoms with E-state index in [0.717, 1.165) is 5.56 Å². The molecule has 0 aliphatic heterocycles. The van der Waals surface area contributed by atoms with Crippen LogP contribution in [-0.4, -0.2) is 28.5 Å². The number of carbonyl (C=O) groups excluding carboxylic acids is 1. The van der Waals surface area contributed by atoms with E-state index in [1.54, 1.807) is 31.2 Å². The largest absolute Gasteiger partial charge is 0.490 e. The number of nitrogens with one attached hydrogen (secondary N) is 1. The van der Waals surface area contributed by atoms with Gasteiger partial charge in [-0.15, -0.1) is 0 Å². The summed E-state index contributed by atoms with van der Waals surface area (Å²) in [7, 11) is 0. The lowest BCUT2D eigenvalue weighted by molar-refractivity contribution is -0.384. The number of rotatable bonds is 9. The van der Waals surface area contributed by atoms with Gasteiger partial charge in [-0.3, -0.25) is 14.9 Å². The lowest BCUT2D eigenvalue weighted by Crippen LogP contribution is -2.24. The number of hydrogen-bond donors (Lipinski definition) is 2. The molecule has 2 N–H and O–H groups in total. The number of nitro benzene ring substituents is 1. The number of halogens is 1. The third-order valence-electron chi connectivity index (χ3n) is 3.71. The fourth-order valence-corrected chi connectivity index (χ4v) is 3.03. The van der Waals surface area contributed by atoms with Gasteiger partial charge in [0.2, 0.25) is 5.91 Å². The number of carboxylic acid groups (broad SMARTS) is 1. The van der Waals surface area contributed by atoms with Gasteiger partial charge in [0.25, 0.3) is 5.69 Å². The van der Waals surface area contributed by atoms with Gasteiger partial charge in [-0.2, -0.15) is 0 Å². The Labute approximate surface area is 180 Å². The molecule has 0 spiro atoms. The summed E-state index contributed by atoms with van der Waals surface area (Å²) in [5.41, 5.74) is 0.896. The monoisotopic (exact) mass is 478 g/mol. The van der Waals surface area contributed by atoms with E-state index >= 15 is 0 Å². The highest BCUT2D eigenvalue weighted by molar-refractivity contribution is 9.10. The SMILES string of the molecule is CCOc1cc(/C=C(/NC(C)=O)C(=O)O)cc(Br)c1OCc1ccc([N+](=O)[O-])cc1. The Bertz CT molecular complexity index is 987. The second-order valence-electron chi connectivity index (χ2n) is 6.02. The molecule has 0 aromatic heterocycles. The van der Waals surface area contributed by atoms with Crippen molar-refractivity contribution in [3.63, 3.8) is 0 Å². The first kappa shape index (κ1) is 22.9. The fourth-order valence-electron chi connectivity index (χ4n) is 2.45. The maximum absolute atomic E-state index is 11.3. The second kappa shape index (κ2) is 10.4. The highest BCUT2D eigenvalue weighted by Crippen LogP contribution is 2.38. The molecule has 0 radical (unpaired) electrons. The summed E-state index contributed by atoms with van der Waals surface area (Å²) < 4.78 is 12.0. The van der Waals surface area contributed by atoms with E-state index in [0.29, 0.717) is 28.1 Å². The molecule has 0 unspecified atom stereocenters. The molecule has 2 aromatic carbocycles. The molecule has 0 aliphatic rings. The minimum atomic E-state index is -1.28. The fraction of sp³-hybridized carbons (Fsp3) is 0.200. The van der Waals surface area contributed by atoms with E-state index in [1.165, 1.54) is 25.1 Å². The Balaban J connectivity index is 2.30. The van der Waals surface area contributed by atoms with Gasteiger partial charge < -0.3 is 19.9 Å². The number of carbonyl (C=O) groups is 2. The number of aliphatic carboxylic acids is 1. The minimum Gasteiger partial charge on any atom is -0.490 e. The van der Waals surface area contributed by atoms with E-state index in [9.17, 15) is 24.8 Å². The number of nitrogens with zero attached hydrogens (tertiary/aromatic N) is 1. The molecular formula is C20H19BrN2O7. The normalized spacial score (nSPS) is 11.0. The van der Waals surface area contributed by atoms with Crippen LogP contribution >= 0.6 is 15.9 Å². The minimum absolute atomic E-state index is 0.0144. The van der Waals surface area contributed by atoms with Gasteiger partial charge in [0, 0.05) is 19.1 Å². The van der Waals surface area contributed by atoms with Crippen LogP contribution in [0, 0.1) is 10.1 Å². The van der Waals surface area contributed by atoms with Crippen molar-refractivity contribution in [1.82, 2.24) is 5.32 Å². The zero-order valence-electron chi connectivity index (χ0n) is 16.2. The molecule has 0 fully saturated rings. The first-order valence-electron chi connectivity index (χ1n) is 8.76. The lowest BCUT2D eigenvalue weighted by atomic mass is 10.1. The molecule has 30 heavy (non-hydrogen) atoms. The molecule has 0 bridgehead atoms. The quantitative estimate of drug-likeness (QED) is 0.317. The van der Waals surface area contributed by atoms with Crippen LogP contribution in [0.5, 0.6) is 11.5 Å². The highest BCUT2D eigenvalue weighted by Gasteiger charge is 2.15. The lowest BCUT2D eigenvalue weighted by Gasteiger charge is -2.15. The molecule has 0 atom stereocenters. The summed E-state index contributed by atoms with van der Waals surface area (Å²) >= 11 is 3.39. The Morgan fingerprint density at radius 2 is 1.90 bits per heavy atom. The summed E-state index contributed by atoms with van der Waals surface area (Å²) in [6.45, 7) is 3.48. The van der Waals surface area contributed by atoms with Gasteiger partial charge in [-0.25, -0.2) is 4.79 Å². The van der Waals surface area contributed by atoms with Crippen LogP contribution in [-0.2, 0) is 16.2 Å².